The maximum Gasteiger partial charge on any atom is 0.363 e. The summed E-state index contributed by atoms with van der Waals surface area (Å²) in [7, 11) is 0. The first-order chi connectivity index (χ1) is 14.5. The molecule has 150 valence electrons. The van der Waals surface area contributed by atoms with Crippen molar-refractivity contribution in [2.45, 2.75) is 6.61 Å². The summed E-state index contributed by atoms with van der Waals surface area (Å²) in [5.74, 6) is -0.0376. The van der Waals surface area contributed by atoms with Gasteiger partial charge < -0.3 is 13.9 Å². The van der Waals surface area contributed by atoms with E-state index in [4.69, 9.17) is 25.5 Å². The fourth-order valence-corrected chi connectivity index (χ4v) is 2.82. The number of hydrogen-bond donors (Lipinski definition) is 0. The second-order valence-electron chi connectivity index (χ2n) is 6.21. The molecule has 9 heteroatoms. The van der Waals surface area contributed by atoms with Gasteiger partial charge in [0.25, 0.3) is 11.6 Å². The standard InChI is InChI=1S/C21H13ClN2O6/c22-15-5-3-13(4-6-15)12-29-18-8-7-16(24(26)27)10-14(18)11-17-21(25)30-20(23-17)19-2-1-9-28-19/h1-11H,12H2/b17-11-. The average Bonchev–Trinajstić information content (AvgIpc) is 3.38. The maximum atomic E-state index is 12.2. The van der Waals surface area contributed by atoms with Crippen LogP contribution in [0, 0.1) is 10.1 Å². The zero-order valence-electron chi connectivity index (χ0n) is 15.3. The topological polar surface area (TPSA) is 104 Å². The second kappa shape index (κ2) is 8.22. The van der Waals surface area contributed by atoms with Crippen LogP contribution < -0.4 is 4.74 Å². The van der Waals surface area contributed by atoms with Crippen molar-refractivity contribution < 1.29 is 23.6 Å². The van der Waals surface area contributed by atoms with Crippen LogP contribution in [0.15, 0.2) is 76.0 Å². The van der Waals surface area contributed by atoms with E-state index in [1.165, 1.54) is 30.5 Å². The summed E-state index contributed by atoms with van der Waals surface area (Å²) in [6.07, 6.45) is 2.80. The third kappa shape index (κ3) is 4.23. The third-order valence-corrected chi connectivity index (χ3v) is 4.41. The summed E-state index contributed by atoms with van der Waals surface area (Å²) in [4.78, 5) is 27.0. The lowest BCUT2D eigenvalue weighted by molar-refractivity contribution is -0.384. The summed E-state index contributed by atoms with van der Waals surface area (Å²) >= 11 is 5.88. The number of nitro groups is 1. The molecule has 2 heterocycles. The molecule has 0 spiro atoms. The summed E-state index contributed by atoms with van der Waals surface area (Å²) in [6, 6.07) is 14.4. The van der Waals surface area contributed by atoms with Gasteiger partial charge in [-0.2, -0.15) is 0 Å². The van der Waals surface area contributed by atoms with E-state index in [-0.39, 0.29) is 23.9 Å². The maximum absolute atomic E-state index is 12.2. The van der Waals surface area contributed by atoms with Crippen LogP contribution in [-0.2, 0) is 16.1 Å². The third-order valence-electron chi connectivity index (χ3n) is 4.16. The van der Waals surface area contributed by atoms with Crippen molar-refractivity contribution in [3.05, 3.63) is 98.6 Å². The monoisotopic (exact) mass is 424 g/mol. The second-order valence-corrected chi connectivity index (χ2v) is 6.64. The molecule has 0 unspecified atom stereocenters. The van der Waals surface area contributed by atoms with Crippen LogP contribution in [0.25, 0.3) is 6.08 Å². The Morgan fingerprint density at radius 3 is 2.67 bits per heavy atom. The number of aliphatic imine (C=N–C) groups is 1. The van der Waals surface area contributed by atoms with Crippen molar-refractivity contribution in [2.75, 3.05) is 0 Å². The first-order valence-electron chi connectivity index (χ1n) is 8.72. The Morgan fingerprint density at radius 2 is 1.97 bits per heavy atom. The van der Waals surface area contributed by atoms with Gasteiger partial charge in [0, 0.05) is 22.7 Å². The van der Waals surface area contributed by atoms with Crippen molar-refractivity contribution in [1.82, 2.24) is 0 Å². The first kappa shape index (κ1) is 19.4. The molecule has 1 aromatic heterocycles. The van der Waals surface area contributed by atoms with Gasteiger partial charge >= 0.3 is 5.97 Å². The highest BCUT2D eigenvalue weighted by atomic mass is 35.5. The smallest absolute Gasteiger partial charge is 0.363 e. The number of halogens is 1. The van der Waals surface area contributed by atoms with Gasteiger partial charge in [-0.05, 0) is 42.0 Å². The number of non-ortho nitro benzene ring substituents is 1. The molecule has 3 aromatic rings. The molecule has 30 heavy (non-hydrogen) atoms. The normalized spacial score (nSPS) is 14.5. The number of ether oxygens (including phenoxy) is 2. The molecule has 0 fully saturated rings. The number of nitrogens with zero attached hydrogens (tertiary/aromatic N) is 2. The summed E-state index contributed by atoms with van der Waals surface area (Å²) < 4.78 is 16.1. The van der Waals surface area contributed by atoms with Crippen molar-refractivity contribution in [3.63, 3.8) is 0 Å². The number of carbonyl (C=O) groups excluding carboxylic acids is 1. The van der Waals surface area contributed by atoms with E-state index in [1.807, 2.05) is 0 Å². The summed E-state index contributed by atoms with van der Waals surface area (Å²) in [5.41, 5.74) is 0.991. The highest BCUT2D eigenvalue weighted by Crippen LogP contribution is 2.29. The lowest BCUT2D eigenvalue weighted by atomic mass is 10.1. The number of furan rings is 1. The Bertz CT molecular complexity index is 1170. The Morgan fingerprint density at radius 1 is 1.17 bits per heavy atom. The molecule has 8 nitrogen and oxygen atoms in total. The van der Waals surface area contributed by atoms with Crippen LogP contribution in [0.4, 0.5) is 5.69 Å². The molecular weight excluding hydrogens is 412 g/mol. The van der Waals surface area contributed by atoms with Gasteiger partial charge in [0.05, 0.1) is 11.2 Å². The Hall–Kier alpha value is -3.91. The van der Waals surface area contributed by atoms with Crippen molar-refractivity contribution in [1.29, 1.82) is 0 Å². The molecule has 1 aliphatic heterocycles. The first-order valence-corrected chi connectivity index (χ1v) is 9.09. The fourth-order valence-electron chi connectivity index (χ4n) is 2.70. The summed E-state index contributed by atoms with van der Waals surface area (Å²) in [6.45, 7) is 0.205. The van der Waals surface area contributed by atoms with E-state index in [2.05, 4.69) is 4.99 Å². The van der Waals surface area contributed by atoms with Crippen molar-refractivity contribution in [2.24, 2.45) is 4.99 Å². The Balaban J connectivity index is 1.65. The number of benzene rings is 2. The molecule has 0 bridgehead atoms. The van der Waals surface area contributed by atoms with Crippen LogP contribution in [-0.4, -0.2) is 16.8 Å². The molecule has 0 saturated heterocycles. The minimum atomic E-state index is -0.698. The number of cyclic esters (lactones) is 1. The predicted molar refractivity (Wildman–Crippen MR) is 108 cm³/mol. The van der Waals surface area contributed by atoms with E-state index < -0.39 is 10.9 Å². The number of rotatable bonds is 6. The van der Waals surface area contributed by atoms with E-state index in [0.29, 0.717) is 22.1 Å². The van der Waals surface area contributed by atoms with Crippen molar-refractivity contribution >= 4 is 35.2 Å². The van der Waals surface area contributed by atoms with Crippen LogP contribution >= 0.6 is 11.6 Å². The van der Waals surface area contributed by atoms with Gasteiger partial charge in [0.1, 0.15) is 12.4 Å². The molecule has 0 aliphatic carbocycles. The molecule has 0 N–H and O–H groups in total. The highest BCUT2D eigenvalue weighted by Gasteiger charge is 2.26. The fraction of sp³-hybridized carbons (Fsp3) is 0.0476. The van der Waals surface area contributed by atoms with Gasteiger partial charge in [0.2, 0.25) is 0 Å². The van der Waals surface area contributed by atoms with Crippen LogP contribution in [0.2, 0.25) is 5.02 Å². The van der Waals surface area contributed by atoms with Crippen LogP contribution in [0.5, 0.6) is 5.75 Å². The molecule has 4 rings (SSSR count). The molecule has 0 radical (unpaired) electrons. The average molecular weight is 425 g/mol. The largest absolute Gasteiger partial charge is 0.488 e. The molecular formula is C21H13ClN2O6. The molecule has 0 amide bonds. The van der Waals surface area contributed by atoms with E-state index in [9.17, 15) is 14.9 Å². The zero-order chi connectivity index (χ0) is 21.1. The minimum Gasteiger partial charge on any atom is -0.488 e. The van der Waals surface area contributed by atoms with Gasteiger partial charge in [-0.25, -0.2) is 9.79 Å². The molecule has 1 aliphatic rings. The quantitative estimate of drug-likeness (QED) is 0.244. The number of esters is 1. The van der Waals surface area contributed by atoms with E-state index in [1.54, 1.807) is 36.4 Å². The molecule has 2 aromatic carbocycles. The van der Waals surface area contributed by atoms with Gasteiger partial charge in [0.15, 0.2) is 11.5 Å². The van der Waals surface area contributed by atoms with Crippen LogP contribution in [0.1, 0.15) is 16.9 Å². The lowest BCUT2D eigenvalue weighted by Crippen LogP contribution is -2.04. The van der Waals surface area contributed by atoms with Crippen LogP contribution in [0.3, 0.4) is 0 Å². The van der Waals surface area contributed by atoms with Gasteiger partial charge in [-0.1, -0.05) is 23.7 Å². The van der Waals surface area contributed by atoms with Gasteiger partial charge in [-0.3, -0.25) is 10.1 Å². The Kier molecular flexibility index (Phi) is 5.32. The molecule has 0 saturated carbocycles. The number of hydrogen-bond acceptors (Lipinski definition) is 7. The van der Waals surface area contributed by atoms with Gasteiger partial charge in [-0.15, -0.1) is 0 Å². The Labute approximate surface area is 175 Å². The van der Waals surface area contributed by atoms with Crippen molar-refractivity contribution in [3.8, 4) is 5.75 Å². The highest BCUT2D eigenvalue weighted by molar-refractivity contribution is 6.30. The number of nitro benzene ring substituents is 1. The zero-order valence-corrected chi connectivity index (χ0v) is 16.0. The lowest BCUT2D eigenvalue weighted by Gasteiger charge is -2.10. The predicted octanol–water partition coefficient (Wildman–Crippen LogP) is 4.76. The summed E-state index contributed by atoms with van der Waals surface area (Å²) in [5, 5.41) is 11.8. The molecule has 0 atom stereocenters. The van der Waals surface area contributed by atoms with E-state index >= 15 is 0 Å². The number of carbonyl (C=O) groups is 1. The minimum absolute atomic E-state index is 0.0188. The SMILES string of the molecule is O=C1OC(c2ccco2)=N/C1=C\c1cc([N+](=O)[O-])ccc1OCc1ccc(Cl)cc1. The van der Waals surface area contributed by atoms with E-state index in [0.717, 1.165) is 5.56 Å².